The topological polar surface area (TPSA) is 0 Å². The minimum absolute atomic E-state index is 1.41. The van der Waals surface area contributed by atoms with Crippen molar-refractivity contribution >= 4 is 26.5 Å². The minimum Gasteiger partial charge on any atom is -0.126 e. The van der Waals surface area contributed by atoms with Crippen molar-refractivity contribution in [2.75, 3.05) is 0 Å². The Morgan fingerprint density at radius 3 is 1.17 bits per heavy atom. The molecule has 0 aliphatic rings. The van der Waals surface area contributed by atoms with E-state index in [4.69, 9.17) is 0 Å². The molecule has 0 N–H and O–H groups in total. The lowest BCUT2D eigenvalue weighted by atomic mass is 10.4. The third-order valence-electron chi connectivity index (χ3n) is 3.20. The van der Waals surface area contributed by atoms with Crippen molar-refractivity contribution in [3.63, 3.8) is 0 Å². The summed E-state index contributed by atoms with van der Waals surface area (Å²) in [6.45, 7) is 13.0. The fourth-order valence-electron chi connectivity index (χ4n) is 2.07. The Labute approximate surface area is 114 Å². The van der Waals surface area contributed by atoms with Gasteiger partial charge in [-0.2, -0.15) is 0 Å². The Morgan fingerprint density at radius 1 is 0.667 bits per heavy atom. The van der Waals surface area contributed by atoms with Crippen LogP contribution in [0, 0.1) is 22.9 Å². The van der Waals surface area contributed by atoms with Crippen LogP contribution in [-0.4, -0.2) is 16.1 Å². The molecule has 1 aromatic carbocycles. The van der Waals surface area contributed by atoms with Gasteiger partial charge in [0.15, 0.2) is 16.1 Å². The fourth-order valence-corrected chi connectivity index (χ4v) is 5.61. The van der Waals surface area contributed by atoms with Crippen LogP contribution >= 0.6 is 0 Å². The van der Waals surface area contributed by atoms with E-state index < -0.39 is 16.1 Å². The Balaban J connectivity index is 3.12. The van der Waals surface area contributed by atoms with Gasteiger partial charge in [-0.1, -0.05) is 50.5 Å². The van der Waals surface area contributed by atoms with Gasteiger partial charge in [-0.05, 0) is 24.2 Å². The molecule has 2 heteroatoms. The minimum atomic E-state index is -1.56. The standard InChI is InChI=1S/C16H22Si2/c1-7-13-17(3,4)15-9-11-16(12-10-15)18(5,6)14-8-2/h9-12H,1-6H3. The zero-order valence-corrected chi connectivity index (χ0v) is 14.3. The lowest BCUT2D eigenvalue weighted by Gasteiger charge is -2.19. The molecule has 0 fully saturated rings. The van der Waals surface area contributed by atoms with Gasteiger partial charge in [-0.3, -0.25) is 0 Å². The maximum Gasteiger partial charge on any atom is 0.162 e. The van der Waals surface area contributed by atoms with E-state index >= 15 is 0 Å². The van der Waals surface area contributed by atoms with Crippen molar-refractivity contribution in [1.82, 2.24) is 0 Å². The Morgan fingerprint density at radius 2 is 0.944 bits per heavy atom. The fraction of sp³-hybridized carbons (Fsp3) is 0.375. The Hall–Kier alpha value is -1.23. The van der Waals surface area contributed by atoms with Crippen LogP contribution in [0.3, 0.4) is 0 Å². The molecule has 0 atom stereocenters. The maximum atomic E-state index is 3.39. The first-order valence-electron chi connectivity index (χ1n) is 6.32. The summed E-state index contributed by atoms with van der Waals surface area (Å²) in [5.74, 6) is 6.14. The van der Waals surface area contributed by atoms with Crippen LogP contribution in [0.2, 0.25) is 26.2 Å². The molecular formula is C16H22Si2. The van der Waals surface area contributed by atoms with Gasteiger partial charge >= 0.3 is 0 Å². The van der Waals surface area contributed by atoms with E-state index in [1.165, 1.54) is 10.4 Å². The van der Waals surface area contributed by atoms with E-state index in [9.17, 15) is 0 Å². The molecule has 1 aromatic rings. The third-order valence-corrected chi connectivity index (χ3v) is 8.51. The summed E-state index contributed by atoms with van der Waals surface area (Å²) in [5.41, 5.74) is 6.79. The summed E-state index contributed by atoms with van der Waals surface area (Å²) < 4.78 is 0. The van der Waals surface area contributed by atoms with Crippen LogP contribution in [0.15, 0.2) is 24.3 Å². The smallest absolute Gasteiger partial charge is 0.126 e. The highest BCUT2D eigenvalue weighted by molar-refractivity contribution is 6.97. The second-order valence-corrected chi connectivity index (χ2v) is 13.7. The first-order valence-corrected chi connectivity index (χ1v) is 12.3. The van der Waals surface area contributed by atoms with Gasteiger partial charge in [0.25, 0.3) is 0 Å². The molecule has 0 radical (unpaired) electrons. The average Bonchev–Trinajstić information content (AvgIpc) is 2.29. The summed E-state index contributed by atoms with van der Waals surface area (Å²) >= 11 is 0. The lowest BCUT2D eigenvalue weighted by molar-refractivity contribution is 1.72. The molecule has 0 unspecified atom stereocenters. The second-order valence-electron chi connectivity index (χ2n) is 5.58. The molecule has 0 aliphatic carbocycles. The van der Waals surface area contributed by atoms with Gasteiger partial charge in [0.05, 0.1) is 0 Å². The normalized spacial score (nSPS) is 11.0. The van der Waals surface area contributed by atoms with E-state index in [1.807, 2.05) is 13.8 Å². The van der Waals surface area contributed by atoms with Gasteiger partial charge in [0, 0.05) is 0 Å². The molecular weight excluding hydrogens is 248 g/mol. The SMILES string of the molecule is CC#C[Si](C)(C)c1ccc([Si](C)(C)C#CC)cc1. The van der Waals surface area contributed by atoms with Crippen molar-refractivity contribution in [2.45, 2.75) is 40.0 Å². The lowest BCUT2D eigenvalue weighted by Crippen LogP contribution is -2.44. The van der Waals surface area contributed by atoms with Crippen LogP contribution in [0.1, 0.15) is 13.8 Å². The third kappa shape index (κ3) is 3.39. The summed E-state index contributed by atoms with van der Waals surface area (Å²) in [4.78, 5) is 0. The molecule has 0 amide bonds. The molecule has 94 valence electrons. The second kappa shape index (κ2) is 5.61. The van der Waals surface area contributed by atoms with E-state index in [1.54, 1.807) is 0 Å². The molecule has 18 heavy (non-hydrogen) atoms. The zero-order chi connectivity index (χ0) is 13.8. The van der Waals surface area contributed by atoms with Crippen molar-refractivity contribution in [1.29, 1.82) is 0 Å². The predicted octanol–water partition coefficient (Wildman–Crippen LogP) is 2.64. The highest BCUT2D eigenvalue weighted by Crippen LogP contribution is 2.04. The molecule has 0 aliphatic heterocycles. The number of hydrogen-bond acceptors (Lipinski definition) is 0. The summed E-state index contributed by atoms with van der Waals surface area (Å²) in [7, 11) is -3.12. The Kier molecular flexibility index (Phi) is 4.62. The highest BCUT2D eigenvalue weighted by Gasteiger charge is 2.24. The van der Waals surface area contributed by atoms with Crippen molar-refractivity contribution in [3.05, 3.63) is 24.3 Å². The largest absolute Gasteiger partial charge is 0.162 e. The molecule has 0 bridgehead atoms. The zero-order valence-electron chi connectivity index (χ0n) is 12.3. The first-order chi connectivity index (χ1) is 8.33. The van der Waals surface area contributed by atoms with Gasteiger partial charge < -0.3 is 0 Å². The molecule has 0 saturated carbocycles. The number of hydrogen-bond donors (Lipinski definition) is 0. The molecule has 0 spiro atoms. The number of benzene rings is 1. The molecule has 0 heterocycles. The molecule has 0 nitrogen and oxygen atoms in total. The van der Waals surface area contributed by atoms with Gasteiger partial charge in [-0.25, -0.2) is 0 Å². The van der Waals surface area contributed by atoms with Crippen molar-refractivity contribution < 1.29 is 0 Å². The quantitative estimate of drug-likeness (QED) is 0.572. The average molecular weight is 271 g/mol. The van der Waals surface area contributed by atoms with Crippen LogP contribution < -0.4 is 10.4 Å². The van der Waals surface area contributed by atoms with E-state index in [2.05, 4.69) is 73.4 Å². The summed E-state index contributed by atoms with van der Waals surface area (Å²) in [5, 5.41) is 2.82. The highest BCUT2D eigenvalue weighted by atomic mass is 28.3. The van der Waals surface area contributed by atoms with Crippen molar-refractivity contribution in [2.24, 2.45) is 0 Å². The van der Waals surface area contributed by atoms with Crippen LogP contribution in [-0.2, 0) is 0 Å². The summed E-state index contributed by atoms with van der Waals surface area (Å²) in [6.07, 6.45) is 0. The molecule has 0 saturated heterocycles. The molecule has 1 rings (SSSR count). The van der Waals surface area contributed by atoms with E-state index in [0.29, 0.717) is 0 Å². The van der Waals surface area contributed by atoms with Gasteiger partial charge in [0.2, 0.25) is 0 Å². The summed E-state index contributed by atoms with van der Waals surface area (Å²) in [6, 6.07) is 9.05. The van der Waals surface area contributed by atoms with E-state index in [0.717, 1.165) is 0 Å². The first kappa shape index (κ1) is 14.8. The van der Waals surface area contributed by atoms with Crippen LogP contribution in [0.25, 0.3) is 0 Å². The van der Waals surface area contributed by atoms with Crippen LogP contribution in [0.5, 0.6) is 0 Å². The Bertz CT molecular complexity index is 477. The van der Waals surface area contributed by atoms with Gasteiger partial charge in [0.1, 0.15) is 0 Å². The monoisotopic (exact) mass is 270 g/mol. The van der Waals surface area contributed by atoms with E-state index in [-0.39, 0.29) is 0 Å². The molecule has 0 aromatic heterocycles. The van der Waals surface area contributed by atoms with Crippen LogP contribution in [0.4, 0.5) is 0 Å². The predicted molar refractivity (Wildman–Crippen MR) is 87.6 cm³/mol. The van der Waals surface area contributed by atoms with Gasteiger partial charge in [-0.15, -0.1) is 22.9 Å². The van der Waals surface area contributed by atoms with Crippen molar-refractivity contribution in [3.8, 4) is 22.9 Å². The maximum absolute atomic E-state index is 3.39. The number of rotatable bonds is 2.